The van der Waals surface area contributed by atoms with Gasteiger partial charge in [0.1, 0.15) is 0 Å². The van der Waals surface area contributed by atoms with Crippen LogP contribution in [0.3, 0.4) is 0 Å². The summed E-state index contributed by atoms with van der Waals surface area (Å²) in [5, 5.41) is 6.41. The van der Waals surface area contributed by atoms with Crippen molar-refractivity contribution < 1.29 is 4.79 Å². The number of piperidine rings is 1. The number of benzene rings is 1. The molecule has 1 saturated heterocycles. The van der Waals surface area contributed by atoms with Crippen molar-refractivity contribution in [2.24, 2.45) is 5.92 Å². The molecule has 0 bridgehead atoms. The van der Waals surface area contributed by atoms with Crippen molar-refractivity contribution in [3.63, 3.8) is 0 Å². The number of hydrogen-bond acceptors (Lipinski definition) is 2. The molecule has 0 saturated carbocycles. The summed E-state index contributed by atoms with van der Waals surface area (Å²) in [6.45, 7) is 5.06. The molecule has 0 spiro atoms. The van der Waals surface area contributed by atoms with E-state index in [9.17, 15) is 4.79 Å². The van der Waals surface area contributed by atoms with Crippen LogP contribution in [0.15, 0.2) is 22.7 Å². The normalized spacial score (nSPS) is 23.7. The molecule has 0 unspecified atom stereocenters. The van der Waals surface area contributed by atoms with Crippen LogP contribution in [-0.2, 0) is 4.79 Å². The molecule has 0 radical (unpaired) electrons. The van der Waals surface area contributed by atoms with Crippen LogP contribution in [0.4, 0.5) is 5.69 Å². The summed E-state index contributed by atoms with van der Waals surface area (Å²) < 4.78 is 0.988. The van der Waals surface area contributed by atoms with E-state index >= 15 is 0 Å². The van der Waals surface area contributed by atoms with Gasteiger partial charge in [0.2, 0.25) is 5.91 Å². The Kier molecular flexibility index (Phi) is 4.40. The van der Waals surface area contributed by atoms with Gasteiger partial charge in [0.05, 0.1) is 0 Å². The molecule has 0 aromatic heterocycles. The first-order chi connectivity index (χ1) is 8.56. The summed E-state index contributed by atoms with van der Waals surface area (Å²) in [7, 11) is 0. The summed E-state index contributed by atoms with van der Waals surface area (Å²) in [6, 6.07) is 6.37. The number of nitrogens with one attached hydrogen (secondary N) is 2. The second-order valence-electron chi connectivity index (χ2n) is 5.02. The quantitative estimate of drug-likeness (QED) is 0.881. The molecule has 98 valence electrons. The zero-order chi connectivity index (χ0) is 13.1. The topological polar surface area (TPSA) is 41.1 Å². The molecule has 0 aliphatic carbocycles. The molecule has 2 atom stereocenters. The molecule has 1 fully saturated rings. The highest BCUT2D eigenvalue weighted by Crippen LogP contribution is 2.23. The predicted octanol–water partition coefficient (Wildman–Crippen LogP) is 3.08. The number of amides is 1. The molecule has 1 aromatic carbocycles. The monoisotopic (exact) mass is 310 g/mol. The lowest BCUT2D eigenvalue weighted by Crippen LogP contribution is -2.40. The highest BCUT2D eigenvalue weighted by Gasteiger charge is 2.24. The third-order valence-corrected chi connectivity index (χ3v) is 3.95. The maximum absolute atomic E-state index is 12.2. The maximum Gasteiger partial charge on any atom is 0.227 e. The first-order valence-electron chi connectivity index (χ1n) is 6.36. The molecule has 4 heteroatoms. The van der Waals surface area contributed by atoms with Gasteiger partial charge in [-0.25, -0.2) is 0 Å². The van der Waals surface area contributed by atoms with Gasteiger partial charge in [-0.05, 0) is 50.9 Å². The second-order valence-corrected chi connectivity index (χ2v) is 5.94. The Morgan fingerprint density at radius 2 is 2.28 bits per heavy atom. The lowest BCUT2D eigenvalue weighted by atomic mass is 9.92. The van der Waals surface area contributed by atoms with Gasteiger partial charge in [-0.2, -0.15) is 0 Å². The number of carbonyl (C=O) groups is 1. The summed E-state index contributed by atoms with van der Waals surface area (Å²) in [4.78, 5) is 12.2. The highest BCUT2D eigenvalue weighted by atomic mass is 79.9. The standard InChI is InChI=1S/C14H19BrN2O/c1-9-3-4-12(15)8-13(9)17-14(18)11-5-6-16-10(2)7-11/h3-4,8,10-11,16H,5-7H2,1-2H3,(H,17,18)/t10-,11-/m0/s1. The first kappa shape index (κ1) is 13.6. The minimum absolute atomic E-state index is 0.125. The molecule has 1 aliphatic rings. The van der Waals surface area contributed by atoms with E-state index in [4.69, 9.17) is 0 Å². The van der Waals surface area contributed by atoms with Crippen molar-refractivity contribution in [3.05, 3.63) is 28.2 Å². The van der Waals surface area contributed by atoms with Gasteiger partial charge in [0, 0.05) is 22.1 Å². The zero-order valence-electron chi connectivity index (χ0n) is 10.8. The number of carbonyl (C=O) groups excluding carboxylic acids is 1. The van der Waals surface area contributed by atoms with E-state index < -0.39 is 0 Å². The number of hydrogen-bond donors (Lipinski definition) is 2. The van der Waals surface area contributed by atoms with Crippen LogP contribution in [0.5, 0.6) is 0 Å². The van der Waals surface area contributed by atoms with Gasteiger partial charge in [-0.1, -0.05) is 22.0 Å². The van der Waals surface area contributed by atoms with Gasteiger partial charge in [-0.3, -0.25) is 4.79 Å². The summed E-state index contributed by atoms with van der Waals surface area (Å²) >= 11 is 3.43. The maximum atomic E-state index is 12.2. The SMILES string of the molecule is Cc1ccc(Br)cc1NC(=O)[C@H]1CCN[C@@H](C)C1. The number of aryl methyl sites for hydroxylation is 1. The molecule has 1 heterocycles. The van der Waals surface area contributed by atoms with E-state index in [0.717, 1.165) is 35.1 Å². The van der Waals surface area contributed by atoms with Crippen molar-refractivity contribution in [2.75, 3.05) is 11.9 Å². The van der Waals surface area contributed by atoms with E-state index in [1.165, 1.54) is 0 Å². The summed E-state index contributed by atoms with van der Waals surface area (Å²) in [5.41, 5.74) is 1.99. The van der Waals surface area contributed by atoms with Gasteiger partial charge in [0.25, 0.3) is 0 Å². The lowest BCUT2D eigenvalue weighted by molar-refractivity contribution is -0.120. The van der Waals surface area contributed by atoms with Crippen LogP contribution in [-0.4, -0.2) is 18.5 Å². The molecular formula is C14H19BrN2O. The Hall–Kier alpha value is -0.870. The summed E-state index contributed by atoms with van der Waals surface area (Å²) in [5.74, 6) is 0.268. The Balaban J connectivity index is 2.04. The van der Waals surface area contributed by atoms with Crippen LogP contribution in [0.2, 0.25) is 0 Å². The Morgan fingerprint density at radius 1 is 1.50 bits per heavy atom. The van der Waals surface area contributed by atoms with Crippen LogP contribution >= 0.6 is 15.9 Å². The van der Waals surface area contributed by atoms with Gasteiger partial charge < -0.3 is 10.6 Å². The van der Waals surface area contributed by atoms with Crippen molar-refractivity contribution in [3.8, 4) is 0 Å². The lowest BCUT2D eigenvalue weighted by Gasteiger charge is -2.27. The van der Waals surface area contributed by atoms with Crippen molar-refractivity contribution in [1.29, 1.82) is 0 Å². The van der Waals surface area contributed by atoms with Crippen LogP contribution in [0.25, 0.3) is 0 Å². The first-order valence-corrected chi connectivity index (χ1v) is 7.16. The van der Waals surface area contributed by atoms with E-state index in [2.05, 4.69) is 33.5 Å². The van der Waals surface area contributed by atoms with Crippen molar-refractivity contribution in [2.45, 2.75) is 32.7 Å². The molecule has 18 heavy (non-hydrogen) atoms. The van der Waals surface area contributed by atoms with Crippen molar-refractivity contribution in [1.82, 2.24) is 5.32 Å². The molecule has 2 rings (SSSR count). The second kappa shape index (κ2) is 5.85. The van der Waals surface area contributed by atoms with Gasteiger partial charge in [-0.15, -0.1) is 0 Å². The highest BCUT2D eigenvalue weighted by molar-refractivity contribution is 9.10. The average molecular weight is 311 g/mol. The number of anilines is 1. The molecule has 1 aromatic rings. The Labute approximate surface area is 116 Å². The van der Waals surface area contributed by atoms with Gasteiger partial charge in [0.15, 0.2) is 0 Å². The fraction of sp³-hybridized carbons (Fsp3) is 0.500. The number of rotatable bonds is 2. The van der Waals surface area contributed by atoms with Gasteiger partial charge >= 0.3 is 0 Å². The third kappa shape index (κ3) is 3.33. The molecule has 3 nitrogen and oxygen atoms in total. The Bertz CT molecular complexity index is 447. The Morgan fingerprint density at radius 3 is 3.00 bits per heavy atom. The molecule has 2 N–H and O–H groups in total. The predicted molar refractivity (Wildman–Crippen MR) is 77.7 cm³/mol. The number of halogens is 1. The molecule has 1 aliphatic heterocycles. The largest absolute Gasteiger partial charge is 0.326 e. The fourth-order valence-electron chi connectivity index (χ4n) is 2.33. The van der Waals surface area contributed by atoms with E-state index in [1.807, 2.05) is 25.1 Å². The zero-order valence-corrected chi connectivity index (χ0v) is 12.4. The average Bonchev–Trinajstić information content (AvgIpc) is 2.34. The van der Waals surface area contributed by atoms with Crippen molar-refractivity contribution >= 4 is 27.5 Å². The van der Waals surface area contributed by atoms with Crippen LogP contribution in [0.1, 0.15) is 25.3 Å². The summed E-state index contributed by atoms with van der Waals surface area (Å²) in [6.07, 6.45) is 1.84. The van der Waals surface area contributed by atoms with E-state index in [-0.39, 0.29) is 11.8 Å². The van der Waals surface area contributed by atoms with Crippen LogP contribution < -0.4 is 10.6 Å². The molecular weight excluding hydrogens is 292 g/mol. The fourth-order valence-corrected chi connectivity index (χ4v) is 2.69. The minimum Gasteiger partial charge on any atom is -0.326 e. The molecule has 1 amide bonds. The van der Waals surface area contributed by atoms with Crippen LogP contribution in [0, 0.1) is 12.8 Å². The van der Waals surface area contributed by atoms with E-state index in [1.54, 1.807) is 0 Å². The van der Waals surface area contributed by atoms with E-state index in [0.29, 0.717) is 6.04 Å². The smallest absolute Gasteiger partial charge is 0.227 e. The minimum atomic E-state index is 0.125. The third-order valence-electron chi connectivity index (χ3n) is 3.45.